The van der Waals surface area contributed by atoms with Crippen LogP contribution in [0.1, 0.15) is 38.9 Å². The van der Waals surface area contributed by atoms with Gasteiger partial charge in [-0.25, -0.2) is 4.98 Å². The number of hydrogen-bond acceptors (Lipinski definition) is 2. The molecule has 3 nitrogen and oxygen atoms in total. The largest absolute Gasteiger partial charge is 0.338 e. The van der Waals surface area contributed by atoms with E-state index < -0.39 is 0 Å². The second-order valence-corrected chi connectivity index (χ2v) is 5.05. The van der Waals surface area contributed by atoms with Gasteiger partial charge >= 0.3 is 0 Å². The predicted octanol–water partition coefficient (Wildman–Crippen LogP) is 2.38. The molecule has 16 heavy (non-hydrogen) atoms. The highest BCUT2D eigenvalue weighted by molar-refractivity contribution is 4.93. The summed E-state index contributed by atoms with van der Waals surface area (Å²) in [5, 5.41) is 3.31. The molecule has 1 aromatic rings. The third kappa shape index (κ3) is 3.63. The smallest absolute Gasteiger partial charge is 0.108 e. The Morgan fingerprint density at radius 1 is 1.44 bits per heavy atom. The summed E-state index contributed by atoms with van der Waals surface area (Å²) in [4.78, 5) is 4.38. The first-order valence-electron chi connectivity index (χ1n) is 6.22. The molecular formula is C13H25N3. The maximum absolute atomic E-state index is 4.38. The molecule has 0 fully saturated rings. The average Bonchev–Trinajstić information content (AvgIpc) is 2.62. The third-order valence-electron chi connectivity index (χ3n) is 3.33. The highest BCUT2D eigenvalue weighted by atomic mass is 15.0. The average molecular weight is 223 g/mol. The molecule has 0 saturated carbocycles. The first-order valence-corrected chi connectivity index (χ1v) is 6.22. The van der Waals surface area contributed by atoms with E-state index in [2.05, 4.69) is 35.8 Å². The molecule has 1 aromatic heterocycles. The normalized spacial score (nSPS) is 15.0. The zero-order valence-electron chi connectivity index (χ0n) is 11.1. The van der Waals surface area contributed by atoms with Crippen LogP contribution in [0, 0.1) is 5.41 Å². The summed E-state index contributed by atoms with van der Waals surface area (Å²) in [6.07, 6.45) is 8.69. The van der Waals surface area contributed by atoms with Crippen molar-refractivity contribution in [2.45, 2.75) is 39.5 Å². The topological polar surface area (TPSA) is 29.9 Å². The summed E-state index contributed by atoms with van der Waals surface area (Å²) in [5.74, 6) is 1.19. The van der Waals surface area contributed by atoms with Gasteiger partial charge in [-0.2, -0.15) is 0 Å². The van der Waals surface area contributed by atoms with Crippen molar-refractivity contribution in [3.05, 3.63) is 18.2 Å². The minimum atomic E-state index is 0.398. The fourth-order valence-corrected chi connectivity index (χ4v) is 2.38. The van der Waals surface area contributed by atoms with Crippen LogP contribution in [0.25, 0.3) is 0 Å². The molecule has 1 unspecified atom stereocenters. The molecule has 0 aliphatic heterocycles. The number of nitrogens with zero attached hydrogens (tertiary/aromatic N) is 2. The summed E-state index contributed by atoms with van der Waals surface area (Å²) >= 11 is 0. The molecule has 1 N–H and O–H groups in total. The molecule has 1 heterocycles. The Kier molecular flexibility index (Phi) is 5.00. The van der Waals surface area contributed by atoms with E-state index in [1.54, 1.807) is 0 Å². The lowest BCUT2D eigenvalue weighted by Crippen LogP contribution is -2.30. The van der Waals surface area contributed by atoms with Gasteiger partial charge in [-0.3, -0.25) is 0 Å². The van der Waals surface area contributed by atoms with Gasteiger partial charge in [-0.1, -0.05) is 20.3 Å². The van der Waals surface area contributed by atoms with Crippen LogP contribution in [0.15, 0.2) is 12.4 Å². The summed E-state index contributed by atoms with van der Waals surface area (Å²) in [6.45, 7) is 5.72. The van der Waals surface area contributed by atoms with Crippen molar-refractivity contribution in [3.63, 3.8) is 0 Å². The van der Waals surface area contributed by atoms with Crippen molar-refractivity contribution >= 4 is 0 Å². The molecule has 0 aliphatic carbocycles. The molecule has 0 bridgehead atoms. The van der Waals surface area contributed by atoms with Crippen LogP contribution in [0.4, 0.5) is 0 Å². The van der Waals surface area contributed by atoms with Crippen LogP contribution >= 0.6 is 0 Å². The van der Waals surface area contributed by atoms with Crippen LogP contribution < -0.4 is 5.32 Å². The highest BCUT2D eigenvalue weighted by Gasteiger charge is 2.22. The zero-order chi connectivity index (χ0) is 12.0. The quantitative estimate of drug-likeness (QED) is 0.769. The van der Waals surface area contributed by atoms with E-state index in [0.717, 1.165) is 13.0 Å². The van der Waals surface area contributed by atoms with Crippen molar-refractivity contribution in [3.8, 4) is 0 Å². The Balaban J connectivity index is 2.53. The number of aryl methyl sites for hydroxylation is 2. The Hall–Kier alpha value is -0.830. The van der Waals surface area contributed by atoms with E-state index in [-0.39, 0.29) is 0 Å². The van der Waals surface area contributed by atoms with Gasteiger partial charge in [0.2, 0.25) is 0 Å². The standard InChI is InChI=1S/C13H25N3/c1-5-7-13(2,11-14-3)8-6-12-15-9-10-16(12)4/h9-10,14H,5-8,11H2,1-4H3. The van der Waals surface area contributed by atoms with Gasteiger partial charge < -0.3 is 9.88 Å². The number of imidazole rings is 1. The lowest BCUT2D eigenvalue weighted by molar-refractivity contribution is 0.260. The van der Waals surface area contributed by atoms with Gasteiger partial charge in [-0.15, -0.1) is 0 Å². The molecule has 1 rings (SSSR count). The van der Waals surface area contributed by atoms with Gasteiger partial charge in [0.05, 0.1) is 0 Å². The zero-order valence-corrected chi connectivity index (χ0v) is 11.1. The van der Waals surface area contributed by atoms with Crippen LogP contribution in [-0.4, -0.2) is 23.1 Å². The molecule has 0 spiro atoms. The van der Waals surface area contributed by atoms with E-state index in [9.17, 15) is 0 Å². The van der Waals surface area contributed by atoms with Crippen molar-refractivity contribution in [1.82, 2.24) is 14.9 Å². The van der Waals surface area contributed by atoms with Crippen molar-refractivity contribution in [2.75, 3.05) is 13.6 Å². The Labute approximate surface area is 99.3 Å². The molecule has 92 valence electrons. The van der Waals surface area contributed by atoms with Gasteiger partial charge in [0.15, 0.2) is 0 Å². The molecule has 3 heteroatoms. The van der Waals surface area contributed by atoms with Crippen LogP contribution in [0.5, 0.6) is 0 Å². The number of aromatic nitrogens is 2. The maximum atomic E-state index is 4.38. The van der Waals surface area contributed by atoms with Crippen molar-refractivity contribution in [1.29, 1.82) is 0 Å². The number of nitrogens with one attached hydrogen (secondary N) is 1. The SMILES string of the molecule is CCCC(C)(CCc1nccn1C)CNC. The highest BCUT2D eigenvalue weighted by Crippen LogP contribution is 2.28. The molecule has 1 atom stereocenters. The Morgan fingerprint density at radius 3 is 2.69 bits per heavy atom. The molecule has 0 aliphatic rings. The predicted molar refractivity (Wildman–Crippen MR) is 68.5 cm³/mol. The van der Waals surface area contributed by atoms with Crippen molar-refractivity contribution < 1.29 is 0 Å². The van der Waals surface area contributed by atoms with Gasteiger partial charge in [0.1, 0.15) is 5.82 Å². The maximum Gasteiger partial charge on any atom is 0.108 e. The van der Waals surface area contributed by atoms with E-state index in [1.807, 2.05) is 19.4 Å². The lowest BCUT2D eigenvalue weighted by atomic mass is 9.81. The molecule has 0 radical (unpaired) electrons. The van der Waals surface area contributed by atoms with Crippen LogP contribution in [-0.2, 0) is 13.5 Å². The summed E-state index contributed by atoms with van der Waals surface area (Å²) in [6, 6.07) is 0. The summed E-state index contributed by atoms with van der Waals surface area (Å²) < 4.78 is 2.12. The van der Waals surface area contributed by atoms with Crippen LogP contribution in [0.2, 0.25) is 0 Å². The summed E-state index contributed by atoms with van der Waals surface area (Å²) in [5.41, 5.74) is 0.398. The fraction of sp³-hybridized carbons (Fsp3) is 0.769. The van der Waals surface area contributed by atoms with Gasteiger partial charge in [-0.05, 0) is 25.3 Å². The molecular weight excluding hydrogens is 198 g/mol. The van der Waals surface area contributed by atoms with Crippen molar-refractivity contribution in [2.24, 2.45) is 12.5 Å². The van der Waals surface area contributed by atoms with E-state index in [1.165, 1.54) is 25.1 Å². The molecule has 0 aromatic carbocycles. The molecule has 0 amide bonds. The second-order valence-electron chi connectivity index (χ2n) is 5.05. The van der Waals surface area contributed by atoms with E-state index >= 15 is 0 Å². The van der Waals surface area contributed by atoms with Crippen LogP contribution in [0.3, 0.4) is 0 Å². The fourth-order valence-electron chi connectivity index (χ4n) is 2.38. The third-order valence-corrected chi connectivity index (χ3v) is 3.33. The van der Waals surface area contributed by atoms with E-state index in [4.69, 9.17) is 0 Å². The molecule has 0 saturated heterocycles. The van der Waals surface area contributed by atoms with Gasteiger partial charge in [0.25, 0.3) is 0 Å². The Bertz CT molecular complexity index is 298. The minimum absolute atomic E-state index is 0.398. The number of hydrogen-bond donors (Lipinski definition) is 1. The summed E-state index contributed by atoms with van der Waals surface area (Å²) in [7, 11) is 4.10. The Morgan fingerprint density at radius 2 is 2.19 bits per heavy atom. The lowest BCUT2D eigenvalue weighted by Gasteiger charge is -2.29. The first kappa shape index (κ1) is 13.2. The second kappa shape index (κ2) is 6.04. The first-order chi connectivity index (χ1) is 7.61. The van der Waals surface area contributed by atoms with Gasteiger partial charge in [0, 0.05) is 32.4 Å². The number of rotatable bonds is 7. The van der Waals surface area contributed by atoms with E-state index in [0.29, 0.717) is 5.41 Å². The monoisotopic (exact) mass is 223 g/mol. The minimum Gasteiger partial charge on any atom is -0.338 e.